The molecule has 1 aliphatic rings. The first-order valence-corrected chi connectivity index (χ1v) is 5.53. The zero-order valence-electron chi connectivity index (χ0n) is 9.16. The van der Waals surface area contributed by atoms with Crippen LogP contribution < -0.4 is 11.1 Å². The van der Waals surface area contributed by atoms with Crippen LogP contribution in [-0.2, 0) is 0 Å². The highest BCUT2D eigenvalue weighted by Crippen LogP contribution is 2.20. The van der Waals surface area contributed by atoms with Gasteiger partial charge in [0.25, 0.3) is 0 Å². The summed E-state index contributed by atoms with van der Waals surface area (Å²) >= 11 is 0. The largest absolute Gasteiger partial charge is 0.399 e. The van der Waals surface area contributed by atoms with Crippen LogP contribution in [0.1, 0.15) is 24.8 Å². The number of aryl methyl sites for hydroxylation is 1. The Hall–Kier alpha value is -1.44. The summed E-state index contributed by atoms with van der Waals surface area (Å²) in [5.74, 6) is 0. The third-order valence-electron chi connectivity index (χ3n) is 2.91. The molecule has 1 aliphatic carbocycles. The molecule has 2 nitrogen and oxygen atoms in total. The van der Waals surface area contributed by atoms with Crippen LogP contribution in [0.5, 0.6) is 0 Å². The van der Waals surface area contributed by atoms with Crippen LogP contribution in [0.4, 0.5) is 11.4 Å². The standard InChI is InChI=1S/C13H18N2/c1-10-9-12(7-8-13(10)14)15-11-5-3-2-4-6-11/h2-3,7-9,11,15H,4-6,14H2,1H3. The molecule has 80 valence electrons. The van der Waals surface area contributed by atoms with E-state index in [2.05, 4.69) is 29.6 Å². The lowest BCUT2D eigenvalue weighted by atomic mass is 10.0. The number of nitrogen functional groups attached to an aromatic ring is 1. The van der Waals surface area contributed by atoms with Crippen molar-refractivity contribution in [2.45, 2.75) is 32.2 Å². The van der Waals surface area contributed by atoms with Crippen molar-refractivity contribution in [2.24, 2.45) is 0 Å². The molecule has 1 unspecified atom stereocenters. The molecule has 0 saturated heterocycles. The molecule has 3 N–H and O–H groups in total. The fourth-order valence-corrected chi connectivity index (χ4v) is 1.93. The van der Waals surface area contributed by atoms with Gasteiger partial charge >= 0.3 is 0 Å². The molecule has 0 bridgehead atoms. The Kier molecular flexibility index (Phi) is 2.95. The number of hydrogen-bond donors (Lipinski definition) is 2. The second kappa shape index (κ2) is 4.39. The van der Waals surface area contributed by atoms with Gasteiger partial charge in [0.15, 0.2) is 0 Å². The summed E-state index contributed by atoms with van der Waals surface area (Å²) in [7, 11) is 0. The number of rotatable bonds is 2. The predicted octanol–water partition coefficient (Wildman–Crippen LogP) is 3.10. The summed E-state index contributed by atoms with van der Waals surface area (Å²) in [4.78, 5) is 0. The first-order chi connectivity index (χ1) is 7.25. The van der Waals surface area contributed by atoms with Gasteiger partial charge in [0.1, 0.15) is 0 Å². The van der Waals surface area contributed by atoms with E-state index in [9.17, 15) is 0 Å². The molecule has 0 amide bonds. The predicted molar refractivity (Wildman–Crippen MR) is 66.0 cm³/mol. The number of anilines is 2. The minimum Gasteiger partial charge on any atom is -0.399 e. The van der Waals surface area contributed by atoms with Crippen LogP contribution in [0.3, 0.4) is 0 Å². The van der Waals surface area contributed by atoms with Crippen molar-refractivity contribution in [1.82, 2.24) is 0 Å². The Morgan fingerprint density at radius 1 is 1.33 bits per heavy atom. The highest BCUT2D eigenvalue weighted by molar-refractivity contribution is 5.57. The number of nitrogens with one attached hydrogen (secondary N) is 1. The molecule has 1 aromatic rings. The molecular weight excluding hydrogens is 184 g/mol. The smallest absolute Gasteiger partial charge is 0.0346 e. The van der Waals surface area contributed by atoms with Gasteiger partial charge in [-0.2, -0.15) is 0 Å². The van der Waals surface area contributed by atoms with E-state index < -0.39 is 0 Å². The number of hydrogen-bond acceptors (Lipinski definition) is 2. The molecule has 15 heavy (non-hydrogen) atoms. The quantitative estimate of drug-likeness (QED) is 0.571. The van der Waals surface area contributed by atoms with Crippen molar-refractivity contribution >= 4 is 11.4 Å². The average Bonchev–Trinajstić information content (AvgIpc) is 2.25. The van der Waals surface area contributed by atoms with Crippen LogP contribution in [0.2, 0.25) is 0 Å². The van der Waals surface area contributed by atoms with E-state index in [0.29, 0.717) is 6.04 Å². The van der Waals surface area contributed by atoms with Crippen molar-refractivity contribution in [3.63, 3.8) is 0 Å². The minimum atomic E-state index is 0.582. The lowest BCUT2D eigenvalue weighted by Gasteiger charge is -2.21. The lowest BCUT2D eigenvalue weighted by Crippen LogP contribution is -2.20. The van der Waals surface area contributed by atoms with Crippen LogP contribution in [0.25, 0.3) is 0 Å². The van der Waals surface area contributed by atoms with Gasteiger partial charge in [-0.25, -0.2) is 0 Å². The van der Waals surface area contributed by atoms with E-state index in [4.69, 9.17) is 5.73 Å². The zero-order valence-corrected chi connectivity index (χ0v) is 9.16. The van der Waals surface area contributed by atoms with Crippen LogP contribution in [-0.4, -0.2) is 6.04 Å². The summed E-state index contributed by atoms with van der Waals surface area (Å²) in [5.41, 5.74) is 8.97. The van der Waals surface area contributed by atoms with Gasteiger partial charge in [-0.3, -0.25) is 0 Å². The Morgan fingerprint density at radius 3 is 2.87 bits per heavy atom. The molecule has 0 aromatic heterocycles. The Labute approximate surface area is 91.2 Å². The minimum absolute atomic E-state index is 0.582. The van der Waals surface area contributed by atoms with Gasteiger partial charge in [-0.15, -0.1) is 0 Å². The van der Waals surface area contributed by atoms with Gasteiger partial charge in [0.05, 0.1) is 0 Å². The molecule has 0 spiro atoms. The first-order valence-electron chi connectivity index (χ1n) is 5.53. The SMILES string of the molecule is Cc1cc(NC2CC=CCC2)ccc1N. The van der Waals surface area contributed by atoms with Crippen molar-refractivity contribution in [1.29, 1.82) is 0 Å². The van der Waals surface area contributed by atoms with Crippen molar-refractivity contribution in [2.75, 3.05) is 11.1 Å². The third kappa shape index (κ3) is 2.52. The fourth-order valence-electron chi connectivity index (χ4n) is 1.93. The monoisotopic (exact) mass is 202 g/mol. The van der Waals surface area contributed by atoms with Crippen LogP contribution in [0.15, 0.2) is 30.4 Å². The van der Waals surface area contributed by atoms with Crippen LogP contribution >= 0.6 is 0 Å². The maximum atomic E-state index is 5.78. The van der Waals surface area contributed by atoms with Gasteiger partial charge in [-0.05, 0) is 49.9 Å². The number of nitrogens with two attached hydrogens (primary N) is 1. The highest BCUT2D eigenvalue weighted by Gasteiger charge is 2.09. The molecular formula is C13H18N2. The maximum absolute atomic E-state index is 5.78. The summed E-state index contributed by atoms with van der Waals surface area (Å²) < 4.78 is 0. The highest BCUT2D eigenvalue weighted by atomic mass is 14.9. The number of allylic oxidation sites excluding steroid dienone is 1. The van der Waals surface area contributed by atoms with E-state index in [1.807, 2.05) is 13.0 Å². The van der Waals surface area contributed by atoms with E-state index in [0.717, 1.165) is 17.7 Å². The Bertz CT molecular complexity index is 369. The molecule has 2 rings (SSSR count). The third-order valence-corrected chi connectivity index (χ3v) is 2.91. The molecule has 1 aromatic carbocycles. The fraction of sp³-hybridized carbons (Fsp3) is 0.385. The zero-order chi connectivity index (χ0) is 10.7. The van der Waals surface area contributed by atoms with Crippen molar-refractivity contribution in [3.8, 4) is 0 Å². The summed E-state index contributed by atoms with van der Waals surface area (Å²) in [6, 6.07) is 6.72. The maximum Gasteiger partial charge on any atom is 0.0346 e. The topological polar surface area (TPSA) is 38.0 Å². The summed E-state index contributed by atoms with van der Waals surface area (Å²) in [6.45, 7) is 2.04. The molecule has 0 saturated carbocycles. The van der Waals surface area contributed by atoms with Crippen molar-refractivity contribution in [3.05, 3.63) is 35.9 Å². The van der Waals surface area contributed by atoms with Gasteiger partial charge in [0.2, 0.25) is 0 Å². The van der Waals surface area contributed by atoms with Crippen molar-refractivity contribution < 1.29 is 0 Å². The van der Waals surface area contributed by atoms with E-state index in [1.165, 1.54) is 18.5 Å². The number of benzene rings is 1. The first kappa shape index (κ1) is 10.1. The lowest BCUT2D eigenvalue weighted by molar-refractivity contribution is 0.645. The average molecular weight is 202 g/mol. The molecule has 2 heteroatoms. The Morgan fingerprint density at radius 2 is 2.20 bits per heavy atom. The summed E-state index contributed by atoms with van der Waals surface area (Å²) in [6.07, 6.45) is 8.05. The van der Waals surface area contributed by atoms with E-state index in [1.54, 1.807) is 0 Å². The second-order valence-corrected chi connectivity index (χ2v) is 4.20. The molecule has 0 radical (unpaired) electrons. The summed E-state index contributed by atoms with van der Waals surface area (Å²) in [5, 5.41) is 3.54. The van der Waals surface area contributed by atoms with E-state index in [-0.39, 0.29) is 0 Å². The normalized spacial score (nSPS) is 20.2. The van der Waals surface area contributed by atoms with Crippen LogP contribution in [0, 0.1) is 6.92 Å². The van der Waals surface area contributed by atoms with E-state index >= 15 is 0 Å². The molecule has 1 atom stereocenters. The Balaban J connectivity index is 2.04. The van der Waals surface area contributed by atoms with Gasteiger partial charge in [-0.1, -0.05) is 12.2 Å². The molecule has 0 fully saturated rings. The molecule has 0 heterocycles. The van der Waals surface area contributed by atoms with Gasteiger partial charge < -0.3 is 11.1 Å². The second-order valence-electron chi connectivity index (χ2n) is 4.20. The molecule has 0 aliphatic heterocycles. The van der Waals surface area contributed by atoms with Gasteiger partial charge in [0, 0.05) is 17.4 Å².